The van der Waals surface area contributed by atoms with E-state index in [1.165, 1.54) is 24.4 Å². The summed E-state index contributed by atoms with van der Waals surface area (Å²) in [6.07, 6.45) is -5.21. The molecule has 0 spiro atoms. The molecule has 364 valence electrons. The fourth-order valence-corrected chi connectivity index (χ4v) is 6.46. The van der Waals surface area contributed by atoms with Crippen LogP contribution in [0.2, 0.25) is 0 Å². The molecule has 2 aromatic rings. The van der Waals surface area contributed by atoms with Crippen LogP contribution in [0.5, 0.6) is 0 Å². The van der Waals surface area contributed by atoms with Crippen LogP contribution in [-0.4, -0.2) is 166 Å². The first-order valence-electron chi connectivity index (χ1n) is 19.4. The maximum Gasteiger partial charge on any atom is 0.374 e. The van der Waals surface area contributed by atoms with E-state index in [4.69, 9.17) is 5.11 Å². The minimum atomic E-state index is -2.46. The minimum Gasteiger partial charge on any atom is -0.481 e. The van der Waals surface area contributed by atoms with Crippen LogP contribution < -0.4 is 31.9 Å². The minimum absolute atomic E-state index is 0.0381. The van der Waals surface area contributed by atoms with Crippen LogP contribution in [0.4, 0.5) is 0 Å². The van der Waals surface area contributed by atoms with Gasteiger partial charge >= 0.3 is 41.8 Å². The van der Waals surface area contributed by atoms with Gasteiger partial charge in [-0.15, -0.1) is 0 Å². The molecule has 29 heteroatoms. The van der Waals surface area contributed by atoms with E-state index in [2.05, 4.69) is 33.6 Å². The number of amides is 6. The average molecular weight is 968 g/mol. The topological polar surface area (TPSA) is 469 Å². The van der Waals surface area contributed by atoms with Gasteiger partial charge in [-0.05, 0) is 30.5 Å². The van der Waals surface area contributed by atoms with E-state index >= 15 is 0 Å². The number of thiol groups is 1. The molecule has 0 unspecified atom stereocenters. The second kappa shape index (κ2) is 25.4. The number of Topliss-reactive ketones (excluding diaryl/α,β-unsaturated/α-hetero) is 1. The normalized spacial score (nSPS) is 13.5. The molecular weight excluding hydrogens is 923 g/mol. The Morgan fingerprint density at radius 1 is 0.582 bits per heavy atom. The monoisotopic (exact) mass is 967 g/mol. The number of carbonyl (C=O) groups excluding carboxylic acids is 7. The highest BCUT2D eigenvalue weighted by atomic mass is 32.1. The van der Waals surface area contributed by atoms with Gasteiger partial charge < -0.3 is 72.6 Å². The molecule has 1 heterocycles. The highest BCUT2D eigenvalue weighted by molar-refractivity contribution is 7.80. The summed E-state index contributed by atoms with van der Waals surface area (Å²) < 4.78 is 0. The Hall–Kier alpha value is -8.11. The van der Waals surface area contributed by atoms with E-state index in [9.17, 15) is 97.8 Å². The summed E-state index contributed by atoms with van der Waals surface area (Å²) in [5, 5.41) is 78.6. The molecule has 6 amide bonds. The summed E-state index contributed by atoms with van der Waals surface area (Å²) in [6.45, 7) is 0.888. The fourth-order valence-electron chi connectivity index (χ4n) is 6.21. The van der Waals surface area contributed by atoms with Crippen LogP contribution in [-0.2, 0) is 68.7 Å². The summed E-state index contributed by atoms with van der Waals surface area (Å²) in [5.41, 5.74) is -0.206. The molecule has 0 saturated carbocycles. The molecule has 0 saturated heterocycles. The van der Waals surface area contributed by atoms with Crippen LogP contribution in [0, 0.1) is 5.92 Å². The molecule has 6 atom stereocenters. The Kier molecular flexibility index (Phi) is 20.9. The second-order valence-corrected chi connectivity index (χ2v) is 14.8. The zero-order chi connectivity index (χ0) is 50.9. The molecule has 0 fully saturated rings. The average Bonchev–Trinajstić information content (AvgIpc) is 3.64. The van der Waals surface area contributed by atoms with Crippen LogP contribution in [0.3, 0.4) is 0 Å². The number of aliphatic carboxylic acids is 6. The number of carbonyl (C=O) groups is 14. The van der Waals surface area contributed by atoms with Crippen molar-refractivity contribution in [2.75, 3.05) is 5.75 Å². The number of ketones is 1. The lowest BCUT2D eigenvalue weighted by atomic mass is 9.97. The van der Waals surface area contributed by atoms with E-state index in [1.807, 2.05) is 16.0 Å². The lowest BCUT2D eigenvalue weighted by molar-refractivity contribution is -0.156. The van der Waals surface area contributed by atoms with Crippen LogP contribution in [0.1, 0.15) is 61.4 Å². The molecule has 2 rings (SSSR count). The molecule has 1 aromatic heterocycles. The molecule has 0 aliphatic heterocycles. The first kappa shape index (κ1) is 55.0. The van der Waals surface area contributed by atoms with Gasteiger partial charge in [-0.1, -0.05) is 6.07 Å². The number of nitrogens with one attached hydrogen (secondary N) is 7. The van der Waals surface area contributed by atoms with E-state index in [0.29, 0.717) is 0 Å². The number of hydrogen-bond acceptors (Lipinski definition) is 15. The van der Waals surface area contributed by atoms with Crippen molar-refractivity contribution < 1.29 is 103 Å². The van der Waals surface area contributed by atoms with E-state index in [1.54, 1.807) is 0 Å². The van der Waals surface area contributed by atoms with Crippen molar-refractivity contribution >= 4 is 107 Å². The second-order valence-electron chi connectivity index (χ2n) is 14.4. The van der Waals surface area contributed by atoms with Crippen molar-refractivity contribution in [3.05, 3.63) is 35.5 Å². The predicted molar refractivity (Wildman–Crippen MR) is 222 cm³/mol. The summed E-state index contributed by atoms with van der Waals surface area (Å²) >= 11 is 3.82. The Balaban J connectivity index is 2.74. The number of fused-ring (bicyclic) bond motifs is 1. The molecular formula is C38H45N7O21S. The van der Waals surface area contributed by atoms with Crippen molar-refractivity contribution in [3.8, 4) is 0 Å². The third-order valence-electron chi connectivity index (χ3n) is 9.43. The van der Waals surface area contributed by atoms with Crippen molar-refractivity contribution in [2.45, 2.75) is 88.1 Å². The maximum atomic E-state index is 14.3. The Bertz CT molecular complexity index is 2280. The van der Waals surface area contributed by atoms with Crippen molar-refractivity contribution in [3.63, 3.8) is 0 Å². The molecule has 28 nitrogen and oxygen atoms in total. The highest BCUT2D eigenvalue weighted by Crippen LogP contribution is 2.24. The van der Waals surface area contributed by atoms with Gasteiger partial charge in [-0.2, -0.15) is 12.6 Å². The summed E-state index contributed by atoms with van der Waals surface area (Å²) in [7, 11) is 0. The number of hydrogen-bond donors (Lipinski definition) is 15. The molecule has 0 aliphatic rings. The van der Waals surface area contributed by atoms with Crippen molar-refractivity contribution in [1.29, 1.82) is 0 Å². The summed E-state index contributed by atoms with van der Waals surface area (Å²) in [5.74, 6) is -24.9. The number of carboxylic acids is 7. The third-order valence-corrected chi connectivity index (χ3v) is 9.80. The van der Waals surface area contributed by atoms with Gasteiger partial charge in [0.1, 0.15) is 36.3 Å². The maximum absolute atomic E-state index is 14.3. The van der Waals surface area contributed by atoms with Crippen LogP contribution in [0.25, 0.3) is 10.9 Å². The van der Waals surface area contributed by atoms with Crippen LogP contribution >= 0.6 is 12.6 Å². The molecule has 0 bridgehead atoms. The summed E-state index contributed by atoms with van der Waals surface area (Å²) in [6, 6.07) is -8.07. The summed E-state index contributed by atoms with van der Waals surface area (Å²) in [4.78, 5) is 177. The van der Waals surface area contributed by atoms with Gasteiger partial charge in [0.15, 0.2) is 5.92 Å². The van der Waals surface area contributed by atoms with Crippen molar-refractivity contribution in [1.82, 2.24) is 36.9 Å². The number of benzene rings is 1. The molecule has 0 aliphatic carbocycles. The largest absolute Gasteiger partial charge is 0.481 e. The lowest BCUT2D eigenvalue weighted by Gasteiger charge is -2.27. The Morgan fingerprint density at radius 2 is 1.04 bits per heavy atom. The predicted octanol–water partition coefficient (Wildman–Crippen LogP) is -3.70. The van der Waals surface area contributed by atoms with Gasteiger partial charge in [-0.3, -0.25) is 57.5 Å². The van der Waals surface area contributed by atoms with Gasteiger partial charge in [0.2, 0.25) is 35.4 Å². The van der Waals surface area contributed by atoms with Gasteiger partial charge in [0.25, 0.3) is 5.78 Å². The Labute approximate surface area is 381 Å². The number of aromatic carboxylic acids is 1. The van der Waals surface area contributed by atoms with E-state index in [-0.39, 0.29) is 22.0 Å². The number of carboxylic acid groups (broad SMARTS) is 7. The highest BCUT2D eigenvalue weighted by Gasteiger charge is 2.38. The first-order chi connectivity index (χ1) is 31.3. The molecule has 0 radical (unpaired) electrons. The standard InChI is InChI=1S/C38H45N7O21S/c1-14(46)40-23(11-27(51)52)34(58)44-22(10-17(36(61)62)37(63)64)33(57)43-21(9-15-12-39-18-4-2-3-16(28(15)18)35(59)60)32(56)42-19(5-7-25(47)48)30(54)41-20(6-8-26(49)50)31(55)45-24(13-67)29(53)38(65)66/h2-4,12,17,19-24,39,67H,5-11,13H2,1H3,(H,40,46)(H,41,54)(H,42,56)(H,43,57)(H,44,58)(H,45,55)(H,47,48)(H,49,50)(H,51,52)(H,59,60)(H,61,62)(H,63,64)(H,65,66)/t19-,20-,21-,22+,23-,24-/m0/s1. The lowest BCUT2D eigenvalue weighted by Crippen LogP contribution is -2.60. The van der Waals surface area contributed by atoms with Crippen molar-refractivity contribution in [2.24, 2.45) is 5.92 Å². The zero-order valence-corrected chi connectivity index (χ0v) is 35.7. The number of H-pyrrole nitrogens is 1. The quantitative estimate of drug-likeness (QED) is 0.0212. The van der Waals surface area contributed by atoms with Gasteiger partial charge in [-0.25, -0.2) is 9.59 Å². The molecule has 67 heavy (non-hydrogen) atoms. The smallest absolute Gasteiger partial charge is 0.374 e. The first-order valence-corrected chi connectivity index (χ1v) is 20.0. The zero-order valence-electron chi connectivity index (χ0n) is 34.8. The molecule has 14 N–H and O–H groups in total. The van der Waals surface area contributed by atoms with Crippen LogP contribution in [0.15, 0.2) is 24.4 Å². The van der Waals surface area contributed by atoms with E-state index in [0.717, 1.165) is 6.92 Å². The SMILES string of the molecule is CC(=O)N[C@@H](CC(=O)O)C(=O)N[C@H](CC(C(=O)O)C(=O)O)C(=O)N[C@@H](Cc1c[nH]c2cccc(C(=O)O)c12)C(=O)N[C@@H](CCC(=O)O)C(=O)N[C@@H](CCC(=O)O)C(=O)N[C@@H](CS)C(=O)C(=O)O. The fraction of sp³-hybridized carbons (Fsp3) is 0.421. The number of aromatic nitrogens is 1. The van der Waals surface area contributed by atoms with E-state index < -0.39 is 176 Å². The Morgan fingerprint density at radius 3 is 1.49 bits per heavy atom. The number of rotatable bonds is 29. The van der Waals surface area contributed by atoms with Gasteiger partial charge in [0.05, 0.1) is 12.0 Å². The number of aromatic amines is 1. The molecule has 1 aromatic carbocycles. The third kappa shape index (κ3) is 17.1. The van der Waals surface area contributed by atoms with Gasteiger partial charge in [0, 0.05) is 55.5 Å².